The summed E-state index contributed by atoms with van der Waals surface area (Å²) in [5, 5.41) is 10.3. The maximum absolute atomic E-state index is 12.2. The first-order chi connectivity index (χ1) is 14.5. The average molecular weight is 413 g/mol. The number of aliphatic hydroxyl groups excluding tert-OH is 1. The van der Waals surface area contributed by atoms with Crippen LogP contribution in [0.1, 0.15) is 64.4 Å². The highest BCUT2D eigenvalue weighted by molar-refractivity contribution is 5.94. The summed E-state index contributed by atoms with van der Waals surface area (Å²) in [6.07, 6.45) is 13.3. The van der Waals surface area contributed by atoms with Crippen LogP contribution in [-0.2, 0) is 20.7 Å². The van der Waals surface area contributed by atoms with E-state index in [4.69, 9.17) is 4.74 Å². The molecule has 0 saturated heterocycles. The lowest BCUT2D eigenvalue weighted by molar-refractivity contribution is -0.147. The minimum Gasteiger partial charge on any atom is -0.463 e. The standard InChI is InChI=1S/C26H36O4/c1-20(2)30-26(29)13-9-4-3-8-12-24-22(16-19-25(24)28)15-18-23(27)17-14-21-10-6-5-7-11-21/h3,5-8,10-11,16,19-20,22-24,27H,4,9,12-15,17-18H2,1-2H3/t22-,23-,24+/m0/s1. The van der Waals surface area contributed by atoms with Gasteiger partial charge in [-0.25, -0.2) is 0 Å². The minimum absolute atomic E-state index is 0.0199. The SMILES string of the molecule is CC(C)OC(=O)CCCC=CC[C@H]1C(=O)C=C[C@@H]1CC[C@@H](O)CCc1ccccc1. The highest BCUT2D eigenvalue weighted by Gasteiger charge is 2.29. The van der Waals surface area contributed by atoms with Crippen LogP contribution in [0.2, 0.25) is 0 Å². The third kappa shape index (κ3) is 9.08. The van der Waals surface area contributed by atoms with Crippen molar-refractivity contribution in [3.63, 3.8) is 0 Å². The molecule has 0 spiro atoms. The Morgan fingerprint density at radius 2 is 1.93 bits per heavy atom. The van der Waals surface area contributed by atoms with Crippen LogP contribution in [0, 0.1) is 11.8 Å². The van der Waals surface area contributed by atoms with Crippen molar-refractivity contribution in [2.45, 2.75) is 77.4 Å². The number of allylic oxidation sites excluding steroid dienone is 4. The fraction of sp³-hybridized carbons (Fsp3) is 0.538. The van der Waals surface area contributed by atoms with Crippen molar-refractivity contribution in [2.75, 3.05) is 0 Å². The molecule has 0 heterocycles. The monoisotopic (exact) mass is 412 g/mol. The summed E-state index contributed by atoms with van der Waals surface area (Å²) < 4.78 is 5.12. The number of ether oxygens (including phenoxy) is 1. The lowest BCUT2D eigenvalue weighted by Crippen LogP contribution is -2.17. The van der Waals surface area contributed by atoms with E-state index in [2.05, 4.69) is 24.3 Å². The van der Waals surface area contributed by atoms with Gasteiger partial charge in [0.2, 0.25) is 0 Å². The van der Waals surface area contributed by atoms with Crippen molar-refractivity contribution in [1.82, 2.24) is 0 Å². The van der Waals surface area contributed by atoms with Gasteiger partial charge in [-0.1, -0.05) is 48.6 Å². The lowest BCUT2D eigenvalue weighted by atomic mass is 9.86. The average Bonchev–Trinajstić information content (AvgIpc) is 3.07. The van der Waals surface area contributed by atoms with Gasteiger partial charge in [0.1, 0.15) is 0 Å². The topological polar surface area (TPSA) is 63.6 Å². The van der Waals surface area contributed by atoms with E-state index in [1.54, 1.807) is 6.08 Å². The van der Waals surface area contributed by atoms with Gasteiger partial charge >= 0.3 is 5.97 Å². The van der Waals surface area contributed by atoms with Crippen LogP contribution in [0.3, 0.4) is 0 Å². The Balaban J connectivity index is 1.65. The molecule has 2 rings (SSSR count). The number of hydrogen-bond acceptors (Lipinski definition) is 4. The molecule has 0 bridgehead atoms. The van der Waals surface area contributed by atoms with Crippen molar-refractivity contribution in [1.29, 1.82) is 0 Å². The Hall–Kier alpha value is -2.20. The summed E-state index contributed by atoms with van der Waals surface area (Å²) in [6.45, 7) is 3.70. The van der Waals surface area contributed by atoms with E-state index in [0.29, 0.717) is 19.3 Å². The van der Waals surface area contributed by atoms with E-state index in [9.17, 15) is 14.7 Å². The Bertz CT molecular complexity index is 705. The Morgan fingerprint density at radius 3 is 2.67 bits per heavy atom. The van der Waals surface area contributed by atoms with Gasteiger partial charge < -0.3 is 9.84 Å². The molecule has 0 aromatic heterocycles. The van der Waals surface area contributed by atoms with E-state index >= 15 is 0 Å². The summed E-state index contributed by atoms with van der Waals surface area (Å²) >= 11 is 0. The van der Waals surface area contributed by atoms with Crippen molar-refractivity contribution < 1.29 is 19.4 Å². The molecule has 4 heteroatoms. The van der Waals surface area contributed by atoms with Crippen LogP contribution in [0.25, 0.3) is 0 Å². The predicted molar refractivity (Wildman–Crippen MR) is 120 cm³/mol. The van der Waals surface area contributed by atoms with Gasteiger partial charge in [-0.15, -0.1) is 0 Å². The molecular formula is C26H36O4. The number of unbranched alkanes of at least 4 members (excludes halogenated alkanes) is 1. The maximum Gasteiger partial charge on any atom is 0.306 e. The number of carbonyl (C=O) groups is 2. The molecule has 1 N–H and O–H groups in total. The molecule has 1 aromatic carbocycles. The fourth-order valence-electron chi connectivity index (χ4n) is 3.83. The molecule has 0 amide bonds. The zero-order chi connectivity index (χ0) is 21.8. The molecule has 0 unspecified atom stereocenters. The second kappa shape index (κ2) is 13.2. The molecule has 0 radical (unpaired) electrons. The van der Waals surface area contributed by atoms with Crippen LogP contribution in [-0.4, -0.2) is 29.1 Å². The number of hydrogen-bond donors (Lipinski definition) is 1. The summed E-state index contributed by atoms with van der Waals surface area (Å²) in [7, 11) is 0. The van der Waals surface area contributed by atoms with Crippen molar-refractivity contribution in [3.05, 3.63) is 60.2 Å². The lowest BCUT2D eigenvalue weighted by Gasteiger charge is -2.18. The Kier molecular flexibility index (Phi) is 10.6. The number of rotatable bonds is 13. The number of esters is 1. The largest absolute Gasteiger partial charge is 0.463 e. The van der Waals surface area contributed by atoms with E-state index in [0.717, 1.165) is 32.1 Å². The van der Waals surface area contributed by atoms with Crippen molar-refractivity contribution in [3.8, 4) is 0 Å². The van der Waals surface area contributed by atoms with E-state index < -0.39 is 0 Å². The zero-order valence-electron chi connectivity index (χ0n) is 18.3. The van der Waals surface area contributed by atoms with Crippen LogP contribution >= 0.6 is 0 Å². The van der Waals surface area contributed by atoms with Gasteiger partial charge in [-0.2, -0.15) is 0 Å². The molecular weight excluding hydrogens is 376 g/mol. The summed E-state index contributed by atoms with van der Waals surface area (Å²) in [5.41, 5.74) is 1.24. The van der Waals surface area contributed by atoms with E-state index in [-0.39, 0.29) is 35.8 Å². The number of benzene rings is 1. The first-order valence-corrected chi connectivity index (χ1v) is 11.2. The third-order valence-corrected chi connectivity index (χ3v) is 5.51. The molecule has 1 aromatic rings. The van der Waals surface area contributed by atoms with Gasteiger partial charge in [0.15, 0.2) is 5.78 Å². The molecule has 0 saturated carbocycles. The van der Waals surface area contributed by atoms with Gasteiger partial charge in [0.25, 0.3) is 0 Å². The smallest absolute Gasteiger partial charge is 0.306 e. The molecule has 4 nitrogen and oxygen atoms in total. The number of aryl methyl sites for hydroxylation is 1. The quantitative estimate of drug-likeness (QED) is 0.275. The second-order valence-corrected chi connectivity index (χ2v) is 8.43. The molecule has 3 atom stereocenters. The summed E-state index contributed by atoms with van der Waals surface area (Å²) in [4.78, 5) is 23.7. The molecule has 0 fully saturated rings. The fourth-order valence-corrected chi connectivity index (χ4v) is 3.83. The Morgan fingerprint density at radius 1 is 1.17 bits per heavy atom. The maximum atomic E-state index is 12.2. The molecule has 164 valence electrons. The highest BCUT2D eigenvalue weighted by atomic mass is 16.5. The molecule has 30 heavy (non-hydrogen) atoms. The number of aliphatic hydroxyl groups is 1. The molecule has 1 aliphatic rings. The molecule has 1 aliphatic carbocycles. The van der Waals surface area contributed by atoms with Crippen molar-refractivity contribution in [2.24, 2.45) is 11.8 Å². The predicted octanol–water partition coefficient (Wildman–Crippen LogP) is 5.20. The van der Waals surface area contributed by atoms with Crippen LogP contribution in [0.5, 0.6) is 0 Å². The normalized spacial score (nSPS) is 19.7. The van der Waals surface area contributed by atoms with Crippen LogP contribution in [0.4, 0.5) is 0 Å². The van der Waals surface area contributed by atoms with Gasteiger partial charge in [0, 0.05) is 12.3 Å². The third-order valence-electron chi connectivity index (χ3n) is 5.51. The van der Waals surface area contributed by atoms with Crippen molar-refractivity contribution >= 4 is 11.8 Å². The Labute approximate surface area is 181 Å². The van der Waals surface area contributed by atoms with Gasteiger partial charge in [0.05, 0.1) is 12.2 Å². The second-order valence-electron chi connectivity index (χ2n) is 8.43. The number of carbonyl (C=O) groups excluding carboxylic acids is 2. The van der Waals surface area contributed by atoms with Gasteiger partial charge in [-0.3, -0.25) is 9.59 Å². The zero-order valence-corrected chi connectivity index (χ0v) is 18.3. The van der Waals surface area contributed by atoms with Gasteiger partial charge in [-0.05, 0) is 76.4 Å². The highest BCUT2D eigenvalue weighted by Crippen LogP contribution is 2.30. The first kappa shape index (κ1) is 24.1. The van der Waals surface area contributed by atoms with E-state index in [1.807, 2.05) is 38.1 Å². The summed E-state index contributed by atoms with van der Waals surface area (Å²) in [5.74, 6) is 0.214. The first-order valence-electron chi connectivity index (χ1n) is 11.2. The van der Waals surface area contributed by atoms with Crippen LogP contribution < -0.4 is 0 Å². The van der Waals surface area contributed by atoms with E-state index in [1.165, 1.54) is 5.56 Å². The van der Waals surface area contributed by atoms with Crippen LogP contribution in [0.15, 0.2) is 54.6 Å². The number of ketones is 1. The molecule has 0 aliphatic heterocycles. The summed E-state index contributed by atoms with van der Waals surface area (Å²) in [6, 6.07) is 10.2. The minimum atomic E-state index is -0.337.